The van der Waals surface area contributed by atoms with Gasteiger partial charge in [-0.25, -0.2) is 4.39 Å². The molecule has 3 N–H and O–H groups in total. The fraction of sp³-hybridized carbons (Fsp3) is 0.143. The monoisotopic (exact) mass is 144 g/mol. The van der Waals surface area contributed by atoms with Crippen LogP contribution >= 0.6 is 0 Å². The molecule has 0 aliphatic carbocycles. The molecule has 0 fully saturated rings. The van der Waals surface area contributed by atoms with Crippen molar-refractivity contribution in [2.45, 2.75) is 6.67 Å². The molecule has 0 unspecified atom stereocenters. The quantitative estimate of drug-likeness (QED) is 0.629. The first-order valence-electron chi connectivity index (χ1n) is 2.67. The number of phenols is 1. The predicted octanol–water partition coefficient (Wildman–Crippen LogP) is 1.04. The zero-order chi connectivity index (χ0) is 6.69. The molecule has 0 aliphatic heterocycles. The molecule has 3 heteroatoms. The summed E-state index contributed by atoms with van der Waals surface area (Å²) in [5.41, 5.74) is 0.345. The second-order valence-corrected chi connectivity index (χ2v) is 1.76. The van der Waals surface area contributed by atoms with Crippen molar-refractivity contribution in [3.8, 4) is 5.75 Å². The zero-order valence-electron chi connectivity index (χ0n) is 5.34. The van der Waals surface area contributed by atoms with E-state index in [9.17, 15) is 4.39 Å². The fourth-order valence-corrected chi connectivity index (χ4v) is 0.624. The van der Waals surface area contributed by atoms with E-state index in [0.29, 0.717) is 5.56 Å². The van der Waals surface area contributed by atoms with Crippen molar-refractivity contribution < 1.29 is 15.0 Å². The van der Waals surface area contributed by atoms with Crippen LogP contribution in [0.25, 0.3) is 0 Å². The molecule has 0 amide bonds. The number of rotatable bonds is 1. The van der Waals surface area contributed by atoms with Gasteiger partial charge in [-0.05, 0) is 6.07 Å². The van der Waals surface area contributed by atoms with Gasteiger partial charge >= 0.3 is 0 Å². The largest absolute Gasteiger partial charge is 0.508 e. The summed E-state index contributed by atoms with van der Waals surface area (Å²) in [4.78, 5) is 0. The summed E-state index contributed by atoms with van der Waals surface area (Å²) < 4.78 is 11.8. The van der Waals surface area contributed by atoms with Gasteiger partial charge in [0.25, 0.3) is 0 Å². The highest BCUT2D eigenvalue weighted by Crippen LogP contribution is 2.15. The molecular weight excluding hydrogens is 135 g/mol. The number of hydrogen-bond donors (Lipinski definition) is 1. The van der Waals surface area contributed by atoms with Gasteiger partial charge in [-0.1, -0.05) is 18.2 Å². The van der Waals surface area contributed by atoms with E-state index in [1.807, 2.05) is 0 Å². The van der Waals surface area contributed by atoms with Gasteiger partial charge in [0.2, 0.25) is 0 Å². The normalized spacial score (nSPS) is 8.50. The first kappa shape index (κ1) is 8.91. The molecule has 10 heavy (non-hydrogen) atoms. The Morgan fingerprint density at radius 1 is 1.30 bits per heavy atom. The Kier molecular flexibility index (Phi) is 3.43. The minimum atomic E-state index is -0.604. The zero-order valence-corrected chi connectivity index (χ0v) is 5.34. The van der Waals surface area contributed by atoms with E-state index in [1.54, 1.807) is 18.2 Å². The summed E-state index contributed by atoms with van der Waals surface area (Å²) in [6, 6.07) is 6.37. The highest BCUT2D eigenvalue weighted by molar-refractivity contribution is 5.30. The fourth-order valence-electron chi connectivity index (χ4n) is 0.624. The summed E-state index contributed by atoms with van der Waals surface area (Å²) in [5, 5.41) is 8.87. The van der Waals surface area contributed by atoms with E-state index in [2.05, 4.69) is 0 Å². The lowest BCUT2D eigenvalue weighted by molar-refractivity contribution is 0.433. The lowest BCUT2D eigenvalue weighted by Gasteiger charge is -1.95. The molecule has 0 aliphatic rings. The smallest absolute Gasteiger partial charge is 0.121 e. The molecule has 0 saturated heterocycles. The van der Waals surface area contributed by atoms with E-state index in [-0.39, 0.29) is 11.2 Å². The topological polar surface area (TPSA) is 51.7 Å². The summed E-state index contributed by atoms with van der Waals surface area (Å²) in [5.74, 6) is 0.0278. The standard InChI is InChI=1S/C7H7FO.H2O/c8-5-6-3-1-2-4-7(6)9;/h1-4,9H,5H2;1H2. The van der Waals surface area contributed by atoms with E-state index in [1.165, 1.54) is 6.07 Å². The van der Waals surface area contributed by atoms with Crippen LogP contribution in [0.4, 0.5) is 4.39 Å². The van der Waals surface area contributed by atoms with Gasteiger partial charge in [-0.15, -0.1) is 0 Å². The van der Waals surface area contributed by atoms with E-state index in [4.69, 9.17) is 5.11 Å². The van der Waals surface area contributed by atoms with Crippen molar-refractivity contribution in [2.24, 2.45) is 0 Å². The summed E-state index contributed by atoms with van der Waals surface area (Å²) >= 11 is 0. The van der Waals surface area contributed by atoms with Crippen LogP contribution in [0.1, 0.15) is 5.56 Å². The number of hydrogen-bond acceptors (Lipinski definition) is 1. The average Bonchev–Trinajstić information content (AvgIpc) is 1.89. The minimum absolute atomic E-state index is 0. The molecule has 1 rings (SSSR count). The number of phenolic OH excluding ortho intramolecular Hbond substituents is 1. The van der Waals surface area contributed by atoms with Gasteiger partial charge in [0.15, 0.2) is 0 Å². The molecule has 2 nitrogen and oxygen atoms in total. The van der Waals surface area contributed by atoms with Crippen LogP contribution in [0.2, 0.25) is 0 Å². The van der Waals surface area contributed by atoms with E-state index in [0.717, 1.165) is 0 Å². The molecule has 0 bridgehead atoms. The Morgan fingerprint density at radius 3 is 2.30 bits per heavy atom. The maximum absolute atomic E-state index is 11.8. The van der Waals surface area contributed by atoms with Crippen LogP contribution in [0.15, 0.2) is 24.3 Å². The summed E-state index contributed by atoms with van der Waals surface area (Å²) in [6.45, 7) is -0.604. The molecule has 0 heterocycles. The molecule has 1 aromatic rings. The molecule has 0 atom stereocenters. The summed E-state index contributed by atoms with van der Waals surface area (Å²) in [7, 11) is 0. The third-order valence-electron chi connectivity index (χ3n) is 1.14. The number of halogens is 1. The number of alkyl halides is 1. The second kappa shape index (κ2) is 3.85. The van der Waals surface area contributed by atoms with Gasteiger partial charge < -0.3 is 10.6 Å². The van der Waals surface area contributed by atoms with Crippen molar-refractivity contribution in [3.05, 3.63) is 29.8 Å². The first-order valence-corrected chi connectivity index (χ1v) is 2.67. The van der Waals surface area contributed by atoms with Crippen LogP contribution in [0.5, 0.6) is 5.75 Å². The SMILES string of the molecule is O.Oc1ccccc1CF. The molecule has 0 aromatic heterocycles. The maximum Gasteiger partial charge on any atom is 0.121 e. The van der Waals surface area contributed by atoms with Crippen molar-refractivity contribution in [1.82, 2.24) is 0 Å². The van der Waals surface area contributed by atoms with E-state index < -0.39 is 6.67 Å². The second-order valence-electron chi connectivity index (χ2n) is 1.76. The van der Waals surface area contributed by atoms with Crippen molar-refractivity contribution >= 4 is 0 Å². The van der Waals surface area contributed by atoms with Gasteiger partial charge in [-0.2, -0.15) is 0 Å². The van der Waals surface area contributed by atoms with Crippen LogP contribution < -0.4 is 0 Å². The maximum atomic E-state index is 11.8. The van der Waals surface area contributed by atoms with Gasteiger partial charge in [0, 0.05) is 5.56 Å². The molecule has 1 aromatic carbocycles. The molecule has 0 spiro atoms. The lowest BCUT2D eigenvalue weighted by atomic mass is 10.2. The Morgan fingerprint density at radius 2 is 1.90 bits per heavy atom. The number of aromatic hydroxyl groups is 1. The molecule has 56 valence electrons. The van der Waals surface area contributed by atoms with Crippen LogP contribution in [-0.4, -0.2) is 10.6 Å². The first-order chi connectivity index (χ1) is 4.34. The van der Waals surface area contributed by atoms with Crippen molar-refractivity contribution in [2.75, 3.05) is 0 Å². The van der Waals surface area contributed by atoms with Gasteiger partial charge in [0.05, 0.1) is 0 Å². The van der Waals surface area contributed by atoms with E-state index >= 15 is 0 Å². The van der Waals surface area contributed by atoms with Gasteiger partial charge in [-0.3, -0.25) is 0 Å². The summed E-state index contributed by atoms with van der Waals surface area (Å²) in [6.07, 6.45) is 0. The van der Waals surface area contributed by atoms with Crippen molar-refractivity contribution in [1.29, 1.82) is 0 Å². The Labute approximate surface area is 58.2 Å². The third kappa shape index (κ3) is 1.70. The third-order valence-corrected chi connectivity index (χ3v) is 1.14. The number of para-hydroxylation sites is 1. The minimum Gasteiger partial charge on any atom is -0.508 e. The highest BCUT2D eigenvalue weighted by atomic mass is 19.1. The highest BCUT2D eigenvalue weighted by Gasteiger charge is 1.94. The predicted molar refractivity (Wildman–Crippen MR) is 36.5 cm³/mol. The average molecular weight is 144 g/mol. The number of benzene rings is 1. The van der Waals surface area contributed by atoms with Crippen LogP contribution in [-0.2, 0) is 6.67 Å². The van der Waals surface area contributed by atoms with Crippen LogP contribution in [0.3, 0.4) is 0 Å². The Balaban J connectivity index is 0.000000810. The molecule has 0 saturated carbocycles. The lowest BCUT2D eigenvalue weighted by Crippen LogP contribution is -1.76. The molecule has 0 radical (unpaired) electrons. The Hall–Kier alpha value is -1.09. The van der Waals surface area contributed by atoms with Crippen LogP contribution in [0, 0.1) is 0 Å². The van der Waals surface area contributed by atoms with Gasteiger partial charge in [0.1, 0.15) is 12.4 Å². The Bertz CT molecular complexity index is 201. The van der Waals surface area contributed by atoms with Crippen molar-refractivity contribution in [3.63, 3.8) is 0 Å². The molecular formula is C7H9FO2.